The molecule has 1 aromatic heterocycles. The number of nitrogens with one attached hydrogen (secondary N) is 1. The maximum absolute atomic E-state index is 5.49. The third-order valence-corrected chi connectivity index (χ3v) is 3.72. The Bertz CT molecular complexity index is 524. The zero-order chi connectivity index (χ0) is 12.4. The van der Waals surface area contributed by atoms with E-state index in [0.29, 0.717) is 6.04 Å². The molecule has 1 aromatic carbocycles. The molecule has 0 radical (unpaired) electrons. The van der Waals surface area contributed by atoms with Gasteiger partial charge in [-0.3, -0.25) is 0 Å². The van der Waals surface area contributed by atoms with Crippen LogP contribution >= 0.6 is 0 Å². The van der Waals surface area contributed by atoms with Crippen LogP contribution in [-0.4, -0.2) is 11.0 Å². The number of aromatic nitrogens is 1. The summed E-state index contributed by atoms with van der Waals surface area (Å²) < 4.78 is 5.49. The lowest BCUT2D eigenvalue weighted by Gasteiger charge is -2.17. The minimum absolute atomic E-state index is 0.623. The van der Waals surface area contributed by atoms with Crippen molar-refractivity contribution >= 4 is 16.8 Å². The number of nitrogens with zero attached hydrogens (tertiary/aromatic N) is 1. The molecule has 0 atom stereocenters. The Balaban J connectivity index is 1.76. The van der Waals surface area contributed by atoms with Crippen molar-refractivity contribution < 1.29 is 4.42 Å². The molecule has 1 N–H and O–H groups in total. The normalized spacial score (nSPS) is 17.8. The van der Waals surface area contributed by atoms with E-state index in [1.165, 1.54) is 44.2 Å². The van der Waals surface area contributed by atoms with Gasteiger partial charge in [-0.2, -0.15) is 0 Å². The van der Waals surface area contributed by atoms with Crippen LogP contribution in [0.25, 0.3) is 11.1 Å². The molecule has 1 saturated carbocycles. The molecule has 3 nitrogen and oxygen atoms in total. The summed E-state index contributed by atoms with van der Waals surface area (Å²) in [5, 5.41) is 3.64. The zero-order valence-corrected chi connectivity index (χ0v) is 10.9. The van der Waals surface area contributed by atoms with E-state index >= 15 is 0 Å². The summed E-state index contributed by atoms with van der Waals surface area (Å²) in [7, 11) is 0. The highest BCUT2D eigenvalue weighted by Crippen LogP contribution is 2.24. The van der Waals surface area contributed by atoms with Gasteiger partial charge in [0.1, 0.15) is 5.52 Å². The highest BCUT2D eigenvalue weighted by atomic mass is 16.3. The molecule has 1 heterocycles. The molecule has 0 amide bonds. The summed E-state index contributed by atoms with van der Waals surface area (Å²) in [5.41, 5.74) is 2.99. The second-order valence-corrected chi connectivity index (χ2v) is 5.25. The van der Waals surface area contributed by atoms with Crippen LogP contribution in [0.3, 0.4) is 0 Å². The fraction of sp³-hybridized carbons (Fsp3) is 0.533. The van der Waals surface area contributed by atoms with Crippen molar-refractivity contribution in [3.63, 3.8) is 0 Å². The molecule has 1 aliphatic rings. The van der Waals surface area contributed by atoms with Crippen molar-refractivity contribution in [2.45, 2.75) is 51.5 Å². The number of hydrogen-bond acceptors (Lipinski definition) is 3. The maximum atomic E-state index is 5.49. The summed E-state index contributed by atoms with van der Waals surface area (Å²) in [6.07, 6.45) is 8.05. The fourth-order valence-corrected chi connectivity index (χ4v) is 2.79. The summed E-state index contributed by atoms with van der Waals surface area (Å²) in [6, 6.07) is 6.82. The molecular formula is C15H20N2O. The second kappa shape index (κ2) is 5.01. The van der Waals surface area contributed by atoms with Gasteiger partial charge in [-0.15, -0.1) is 0 Å². The Kier molecular flexibility index (Phi) is 3.22. The van der Waals surface area contributed by atoms with Crippen molar-refractivity contribution in [3.8, 4) is 0 Å². The van der Waals surface area contributed by atoms with Gasteiger partial charge in [-0.1, -0.05) is 25.7 Å². The van der Waals surface area contributed by atoms with Crippen molar-refractivity contribution in [1.82, 2.24) is 4.98 Å². The lowest BCUT2D eigenvalue weighted by Crippen LogP contribution is -2.18. The average molecular weight is 244 g/mol. The maximum Gasteiger partial charge on any atom is 0.192 e. The fourth-order valence-electron chi connectivity index (χ4n) is 2.79. The first-order valence-electron chi connectivity index (χ1n) is 6.95. The van der Waals surface area contributed by atoms with E-state index in [4.69, 9.17) is 4.42 Å². The summed E-state index contributed by atoms with van der Waals surface area (Å²) in [6.45, 7) is 1.89. The van der Waals surface area contributed by atoms with Crippen LogP contribution in [0.1, 0.15) is 44.4 Å². The van der Waals surface area contributed by atoms with Crippen molar-refractivity contribution in [3.05, 3.63) is 24.1 Å². The van der Waals surface area contributed by atoms with Gasteiger partial charge in [0.25, 0.3) is 0 Å². The third-order valence-electron chi connectivity index (χ3n) is 3.72. The predicted octanol–water partition coefficient (Wildman–Crippen LogP) is 4.27. The number of hydrogen-bond donors (Lipinski definition) is 1. The largest absolute Gasteiger partial charge is 0.441 e. The van der Waals surface area contributed by atoms with Gasteiger partial charge < -0.3 is 9.73 Å². The number of fused-ring (bicyclic) bond motifs is 1. The van der Waals surface area contributed by atoms with E-state index in [2.05, 4.69) is 22.4 Å². The van der Waals surface area contributed by atoms with E-state index < -0.39 is 0 Å². The summed E-state index contributed by atoms with van der Waals surface area (Å²) in [4.78, 5) is 4.38. The van der Waals surface area contributed by atoms with Crippen molar-refractivity contribution in [2.24, 2.45) is 0 Å². The van der Waals surface area contributed by atoms with Gasteiger partial charge in [0.15, 0.2) is 11.5 Å². The molecule has 18 heavy (non-hydrogen) atoms. The van der Waals surface area contributed by atoms with Crippen LogP contribution < -0.4 is 5.32 Å². The molecule has 2 aromatic rings. The Morgan fingerprint density at radius 2 is 1.94 bits per heavy atom. The first-order chi connectivity index (χ1) is 8.81. The first-order valence-corrected chi connectivity index (χ1v) is 6.95. The van der Waals surface area contributed by atoms with Gasteiger partial charge in [0, 0.05) is 18.7 Å². The number of benzene rings is 1. The minimum atomic E-state index is 0.623. The molecule has 0 bridgehead atoms. The van der Waals surface area contributed by atoms with Gasteiger partial charge in [0.05, 0.1) is 0 Å². The van der Waals surface area contributed by atoms with Gasteiger partial charge in [0.2, 0.25) is 0 Å². The van der Waals surface area contributed by atoms with E-state index in [9.17, 15) is 0 Å². The average Bonchev–Trinajstić information content (AvgIpc) is 2.56. The van der Waals surface area contributed by atoms with Crippen LogP contribution in [-0.2, 0) is 0 Å². The Morgan fingerprint density at radius 3 is 2.72 bits per heavy atom. The molecule has 1 aliphatic carbocycles. The smallest absolute Gasteiger partial charge is 0.192 e. The van der Waals surface area contributed by atoms with Crippen molar-refractivity contribution in [2.75, 3.05) is 5.32 Å². The molecule has 0 saturated heterocycles. The SMILES string of the molecule is Cc1nc2cc(NC3CCCCCC3)ccc2o1. The summed E-state index contributed by atoms with van der Waals surface area (Å²) in [5.74, 6) is 0.733. The molecular weight excluding hydrogens is 224 g/mol. The quantitative estimate of drug-likeness (QED) is 0.802. The number of rotatable bonds is 2. The zero-order valence-electron chi connectivity index (χ0n) is 10.9. The molecule has 3 rings (SSSR count). The van der Waals surface area contributed by atoms with Crippen LogP contribution in [0.15, 0.2) is 22.6 Å². The molecule has 1 fully saturated rings. The Hall–Kier alpha value is -1.51. The monoisotopic (exact) mass is 244 g/mol. The summed E-state index contributed by atoms with van der Waals surface area (Å²) >= 11 is 0. The molecule has 0 spiro atoms. The van der Waals surface area contributed by atoms with Crippen LogP contribution in [0.2, 0.25) is 0 Å². The van der Waals surface area contributed by atoms with E-state index in [1.54, 1.807) is 0 Å². The van der Waals surface area contributed by atoms with Gasteiger partial charge >= 0.3 is 0 Å². The van der Waals surface area contributed by atoms with Crippen LogP contribution in [0, 0.1) is 6.92 Å². The molecule has 3 heteroatoms. The molecule has 96 valence electrons. The Labute approximate surface area is 108 Å². The number of aryl methyl sites for hydroxylation is 1. The number of oxazole rings is 1. The topological polar surface area (TPSA) is 38.1 Å². The van der Waals surface area contributed by atoms with E-state index in [1.807, 2.05) is 13.0 Å². The minimum Gasteiger partial charge on any atom is -0.441 e. The molecule has 0 unspecified atom stereocenters. The Morgan fingerprint density at radius 1 is 1.17 bits per heavy atom. The van der Waals surface area contributed by atoms with Crippen molar-refractivity contribution in [1.29, 1.82) is 0 Å². The van der Waals surface area contributed by atoms with E-state index in [-0.39, 0.29) is 0 Å². The third kappa shape index (κ3) is 2.50. The standard InChI is InChI=1S/C15H20N2O/c1-11-16-14-10-13(8-9-15(14)18-11)17-12-6-4-2-3-5-7-12/h8-10,12,17H,2-7H2,1H3. The van der Waals surface area contributed by atoms with Crippen LogP contribution in [0.5, 0.6) is 0 Å². The van der Waals surface area contributed by atoms with E-state index in [0.717, 1.165) is 17.0 Å². The highest BCUT2D eigenvalue weighted by Gasteiger charge is 2.12. The second-order valence-electron chi connectivity index (χ2n) is 5.25. The highest BCUT2D eigenvalue weighted by molar-refractivity contribution is 5.77. The number of anilines is 1. The lowest BCUT2D eigenvalue weighted by molar-refractivity contribution is 0.561. The van der Waals surface area contributed by atoms with Crippen LogP contribution in [0.4, 0.5) is 5.69 Å². The first kappa shape index (κ1) is 11.6. The predicted molar refractivity (Wildman–Crippen MR) is 73.9 cm³/mol. The van der Waals surface area contributed by atoms with Gasteiger partial charge in [-0.05, 0) is 31.0 Å². The molecule has 0 aliphatic heterocycles. The lowest BCUT2D eigenvalue weighted by atomic mass is 10.1. The van der Waals surface area contributed by atoms with Gasteiger partial charge in [-0.25, -0.2) is 4.98 Å².